The van der Waals surface area contributed by atoms with Gasteiger partial charge in [-0.1, -0.05) is 6.92 Å². The predicted octanol–water partition coefficient (Wildman–Crippen LogP) is 1.43. The maximum Gasteiger partial charge on any atom is 0.226 e. The summed E-state index contributed by atoms with van der Waals surface area (Å²) in [6.45, 7) is 5.34. The van der Waals surface area contributed by atoms with E-state index in [0.717, 1.165) is 38.6 Å². The average Bonchev–Trinajstić information content (AvgIpc) is 2.98. The number of nitrogens with one attached hydrogen (secondary N) is 2. The Kier molecular flexibility index (Phi) is 3.01. The third-order valence-corrected chi connectivity index (χ3v) is 3.97. The molecule has 1 amide bonds. The van der Waals surface area contributed by atoms with Gasteiger partial charge in [-0.05, 0) is 45.6 Å². The lowest BCUT2D eigenvalue weighted by Gasteiger charge is -2.29. The van der Waals surface area contributed by atoms with Gasteiger partial charge >= 0.3 is 0 Å². The Morgan fingerprint density at radius 3 is 2.80 bits per heavy atom. The highest BCUT2D eigenvalue weighted by molar-refractivity contribution is 5.85. The molecule has 0 spiro atoms. The van der Waals surface area contributed by atoms with Crippen LogP contribution in [0.15, 0.2) is 0 Å². The molecule has 2 N–H and O–H groups in total. The summed E-state index contributed by atoms with van der Waals surface area (Å²) in [6.07, 6.45) is 5.34. The van der Waals surface area contributed by atoms with Crippen molar-refractivity contribution < 1.29 is 4.79 Å². The Hall–Kier alpha value is -0.570. The smallest absolute Gasteiger partial charge is 0.226 e. The zero-order valence-corrected chi connectivity index (χ0v) is 9.81. The third-order valence-electron chi connectivity index (χ3n) is 3.97. The van der Waals surface area contributed by atoms with E-state index in [2.05, 4.69) is 24.5 Å². The van der Waals surface area contributed by atoms with Crippen LogP contribution in [0.3, 0.4) is 0 Å². The van der Waals surface area contributed by atoms with E-state index in [-0.39, 0.29) is 5.41 Å². The maximum atomic E-state index is 12.0. The summed E-state index contributed by atoms with van der Waals surface area (Å²) < 4.78 is 0. The Bertz CT molecular complexity index is 248. The minimum Gasteiger partial charge on any atom is -0.353 e. The Morgan fingerprint density at radius 2 is 2.27 bits per heavy atom. The molecule has 2 fully saturated rings. The first kappa shape index (κ1) is 10.9. The molecule has 0 aromatic heterocycles. The molecule has 2 rings (SSSR count). The molecule has 1 saturated heterocycles. The molecule has 0 aromatic carbocycles. The lowest BCUT2D eigenvalue weighted by atomic mass is 9.97. The lowest BCUT2D eigenvalue weighted by molar-refractivity contribution is -0.127. The van der Waals surface area contributed by atoms with Gasteiger partial charge in [0.15, 0.2) is 0 Å². The van der Waals surface area contributed by atoms with Gasteiger partial charge in [0.25, 0.3) is 0 Å². The van der Waals surface area contributed by atoms with E-state index in [1.807, 2.05) is 0 Å². The second kappa shape index (κ2) is 4.12. The summed E-state index contributed by atoms with van der Waals surface area (Å²) in [5.74, 6) is 0.309. The first-order valence-corrected chi connectivity index (χ1v) is 6.20. The number of amides is 1. The molecule has 2 aliphatic rings. The second-order valence-corrected chi connectivity index (χ2v) is 5.18. The van der Waals surface area contributed by atoms with Gasteiger partial charge < -0.3 is 10.6 Å². The summed E-state index contributed by atoms with van der Waals surface area (Å²) in [5, 5.41) is 6.63. The molecule has 1 aliphatic heterocycles. The molecule has 3 heteroatoms. The highest BCUT2D eigenvalue weighted by Crippen LogP contribution is 2.48. The summed E-state index contributed by atoms with van der Waals surface area (Å²) in [5.41, 5.74) is 0.0219. The third kappa shape index (κ3) is 2.33. The Morgan fingerprint density at radius 1 is 1.53 bits per heavy atom. The summed E-state index contributed by atoms with van der Waals surface area (Å²) in [7, 11) is 0. The van der Waals surface area contributed by atoms with Crippen molar-refractivity contribution in [1.82, 2.24) is 10.6 Å². The van der Waals surface area contributed by atoms with E-state index in [1.54, 1.807) is 0 Å². The van der Waals surface area contributed by atoms with Gasteiger partial charge in [-0.15, -0.1) is 0 Å². The normalized spacial score (nSPS) is 33.5. The van der Waals surface area contributed by atoms with Gasteiger partial charge in [-0.3, -0.25) is 4.79 Å². The van der Waals surface area contributed by atoms with Gasteiger partial charge in [0.2, 0.25) is 5.91 Å². The number of hydrogen-bond donors (Lipinski definition) is 2. The topological polar surface area (TPSA) is 41.1 Å². The van der Waals surface area contributed by atoms with E-state index < -0.39 is 0 Å². The molecule has 1 saturated carbocycles. The summed E-state index contributed by atoms with van der Waals surface area (Å²) >= 11 is 0. The van der Waals surface area contributed by atoms with Crippen molar-refractivity contribution in [2.24, 2.45) is 5.41 Å². The molecular weight excluding hydrogens is 188 g/mol. The van der Waals surface area contributed by atoms with Gasteiger partial charge in [0.1, 0.15) is 0 Å². The molecule has 0 aromatic rings. The van der Waals surface area contributed by atoms with Crippen LogP contribution < -0.4 is 10.6 Å². The molecule has 0 radical (unpaired) electrons. The van der Waals surface area contributed by atoms with Gasteiger partial charge in [0.05, 0.1) is 0 Å². The van der Waals surface area contributed by atoms with Gasteiger partial charge in [-0.25, -0.2) is 0 Å². The van der Waals surface area contributed by atoms with Crippen molar-refractivity contribution in [2.45, 2.75) is 58.0 Å². The van der Waals surface area contributed by atoms with E-state index in [9.17, 15) is 4.79 Å². The quantitative estimate of drug-likeness (QED) is 0.740. The predicted molar refractivity (Wildman–Crippen MR) is 60.6 cm³/mol. The van der Waals surface area contributed by atoms with E-state index >= 15 is 0 Å². The minimum absolute atomic E-state index is 0.0219. The van der Waals surface area contributed by atoms with E-state index in [4.69, 9.17) is 0 Å². The molecule has 1 heterocycles. The molecule has 15 heavy (non-hydrogen) atoms. The summed E-state index contributed by atoms with van der Waals surface area (Å²) in [6, 6.07) is 0.943. The molecule has 2 unspecified atom stereocenters. The van der Waals surface area contributed by atoms with Crippen LogP contribution in [0.4, 0.5) is 0 Å². The average molecular weight is 210 g/mol. The van der Waals surface area contributed by atoms with Crippen LogP contribution >= 0.6 is 0 Å². The number of carbonyl (C=O) groups excluding carboxylic acids is 1. The molecule has 3 nitrogen and oxygen atoms in total. The van der Waals surface area contributed by atoms with Crippen molar-refractivity contribution in [3.63, 3.8) is 0 Å². The fraction of sp³-hybridized carbons (Fsp3) is 0.917. The molecule has 86 valence electrons. The Balaban J connectivity index is 1.83. The first-order valence-electron chi connectivity index (χ1n) is 6.20. The number of piperidine rings is 1. The lowest BCUT2D eigenvalue weighted by Crippen LogP contribution is -2.48. The first-order chi connectivity index (χ1) is 7.16. The van der Waals surface area contributed by atoms with Crippen LogP contribution in [0.25, 0.3) is 0 Å². The van der Waals surface area contributed by atoms with Crippen LogP contribution in [0.1, 0.15) is 46.0 Å². The number of rotatable bonds is 3. The van der Waals surface area contributed by atoms with Gasteiger partial charge in [0, 0.05) is 17.5 Å². The van der Waals surface area contributed by atoms with Crippen molar-refractivity contribution in [3.05, 3.63) is 0 Å². The second-order valence-electron chi connectivity index (χ2n) is 5.18. The monoisotopic (exact) mass is 210 g/mol. The van der Waals surface area contributed by atoms with Crippen LogP contribution in [0, 0.1) is 5.41 Å². The maximum absolute atomic E-state index is 12.0. The standard InChI is InChI=1S/C12H22N2O/c1-3-12(5-6-12)11(15)14-10-4-7-13-9(2)8-10/h9-10,13H,3-8H2,1-2H3,(H,14,15). The summed E-state index contributed by atoms with van der Waals surface area (Å²) in [4.78, 5) is 12.0. The van der Waals surface area contributed by atoms with Crippen LogP contribution in [-0.2, 0) is 4.79 Å². The van der Waals surface area contributed by atoms with Crippen LogP contribution in [-0.4, -0.2) is 24.5 Å². The molecular formula is C12H22N2O. The zero-order chi connectivity index (χ0) is 10.9. The zero-order valence-electron chi connectivity index (χ0n) is 9.81. The fourth-order valence-corrected chi connectivity index (χ4v) is 2.49. The molecule has 2 atom stereocenters. The highest BCUT2D eigenvalue weighted by atomic mass is 16.2. The Labute approximate surface area is 92.0 Å². The largest absolute Gasteiger partial charge is 0.353 e. The van der Waals surface area contributed by atoms with Gasteiger partial charge in [-0.2, -0.15) is 0 Å². The van der Waals surface area contributed by atoms with Crippen LogP contribution in [0.2, 0.25) is 0 Å². The number of carbonyl (C=O) groups is 1. The van der Waals surface area contributed by atoms with Crippen molar-refractivity contribution >= 4 is 5.91 Å². The van der Waals surface area contributed by atoms with Crippen LogP contribution in [0.5, 0.6) is 0 Å². The molecule has 0 bridgehead atoms. The highest BCUT2D eigenvalue weighted by Gasteiger charge is 2.48. The SMILES string of the molecule is CCC1(C(=O)NC2CCNC(C)C2)CC1. The minimum atomic E-state index is 0.0219. The van der Waals surface area contributed by atoms with Crippen molar-refractivity contribution in [1.29, 1.82) is 0 Å². The van der Waals surface area contributed by atoms with E-state index in [1.165, 1.54) is 0 Å². The van der Waals surface area contributed by atoms with Crippen molar-refractivity contribution in [3.8, 4) is 0 Å². The van der Waals surface area contributed by atoms with E-state index in [0.29, 0.717) is 18.0 Å². The molecule has 1 aliphatic carbocycles. The number of hydrogen-bond acceptors (Lipinski definition) is 2. The van der Waals surface area contributed by atoms with Crippen molar-refractivity contribution in [2.75, 3.05) is 6.54 Å². The fourth-order valence-electron chi connectivity index (χ4n) is 2.49.